The molecule has 0 radical (unpaired) electrons. The predicted octanol–water partition coefficient (Wildman–Crippen LogP) is 4.76. The average Bonchev–Trinajstić information content (AvgIpc) is 3.41. The lowest BCUT2D eigenvalue weighted by molar-refractivity contribution is -0.113. The first-order valence-electron chi connectivity index (χ1n) is 10.1. The Bertz CT molecular complexity index is 1320. The molecular weight excluding hydrogens is 438 g/mol. The number of methoxy groups -OCH3 is 1. The highest BCUT2D eigenvalue weighted by Gasteiger charge is 2.21. The van der Waals surface area contributed by atoms with Gasteiger partial charge in [-0.3, -0.25) is 9.36 Å². The first kappa shape index (κ1) is 22.2. The average molecular weight is 460 g/mol. The number of nitrogens with one attached hydrogen (secondary N) is 1. The van der Waals surface area contributed by atoms with Crippen LogP contribution >= 0.6 is 11.8 Å². The third kappa shape index (κ3) is 4.61. The van der Waals surface area contributed by atoms with Crippen LogP contribution in [0.25, 0.3) is 17.1 Å². The van der Waals surface area contributed by atoms with E-state index in [4.69, 9.17) is 9.15 Å². The summed E-state index contributed by atoms with van der Waals surface area (Å²) in [6.07, 6.45) is 0. The minimum absolute atomic E-state index is 0.0488. The highest BCUT2D eigenvalue weighted by molar-refractivity contribution is 7.99. The number of carbonyl (C=O) groups excluding carboxylic acids is 1. The molecule has 0 atom stereocenters. The molecule has 33 heavy (non-hydrogen) atoms. The topological polar surface area (TPSA) is 106 Å². The molecule has 8 nitrogen and oxygen atoms in total. The molecule has 0 saturated heterocycles. The molecule has 0 fully saturated rings. The van der Waals surface area contributed by atoms with Crippen molar-refractivity contribution in [1.29, 1.82) is 5.26 Å². The van der Waals surface area contributed by atoms with E-state index in [1.807, 2.05) is 60.9 Å². The summed E-state index contributed by atoms with van der Waals surface area (Å²) >= 11 is 1.13. The number of benzene rings is 2. The van der Waals surface area contributed by atoms with Crippen LogP contribution in [0.5, 0.6) is 5.75 Å². The lowest BCUT2D eigenvalue weighted by atomic mass is 10.2. The standard InChI is InChI=1S/C24H21N5O3S/c1-15-16(2)29(18-7-5-4-6-8-18)22(20(15)13-25)26-21(30)14-33-24-28-27-23(32-24)17-9-11-19(31-3)12-10-17/h4-12H,14H2,1-3H3,(H,26,30). The van der Waals surface area contributed by atoms with Crippen molar-refractivity contribution in [1.82, 2.24) is 14.8 Å². The van der Waals surface area contributed by atoms with Gasteiger partial charge < -0.3 is 14.5 Å². The fraction of sp³-hybridized carbons (Fsp3) is 0.167. The molecule has 9 heteroatoms. The number of nitriles is 1. The maximum absolute atomic E-state index is 12.7. The van der Waals surface area contributed by atoms with Gasteiger partial charge in [-0.15, -0.1) is 10.2 Å². The molecule has 1 amide bonds. The van der Waals surface area contributed by atoms with Crippen molar-refractivity contribution in [2.75, 3.05) is 18.2 Å². The summed E-state index contributed by atoms with van der Waals surface area (Å²) < 4.78 is 12.7. The van der Waals surface area contributed by atoms with Crippen LogP contribution in [-0.4, -0.2) is 33.5 Å². The van der Waals surface area contributed by atoms with Crippen molar-refractivity contribution in [2.24, 2.45) is 0 Å². The number of thioether (sulfide) groups is 1. The summed E-state index contributed by atoms with van der Waals surface area (Å²) in [5.74, 6) is 1.31. The van der Waals surface area contributed by atoms with Gasteiger partial charge in [0, 0.05) is 16.9 Å². The first-order chi connectivity index (χ1) is 16.0. The number of hydrogen-bond acceptors (Lipinski definition) is 7. The van der Waals surface area contributed by atoms with Crippen LogP contribution in [0.4, 0.5) is 5.82 Å². The van der Waals surface area contributed by atoms with Gasteiger partial charge >= 0.3 is 0 Å². The SMILES string of the molecule is COc1ccc(-c2nnc(SCC(=O)Nc3c(C#N)c(C)c(C)n3-c3ccccc3)o2)cc1. The molecule has 1 N–H and O–H groups in total. The van der Waals surface area contributed by atoms with Crippen molar-refractivity contribution in [3.63, 3.8) is 0 Å². The lowest BCUT2D eigenvalue weighted by Crippen LogP contribution is -2.17. The van der Waals surface area contributed by atoms with E-state index < -0.39 is 0 Å². The van der Waals surface area contributed by atoms with Gasteiger partial charge in [0.15, 0.2) is 0 Å². The van der Waals surface area contributed by atoms with E-state index in [1.165, 1.54) is 0 Å². The zero-order valence-corrected chi connectivity index (χ0v) is 19.1. The van der Waals surface area contributed by atoms with Crippen LogP contribution in [0, 0.1) is 25.2 Å². The minimum Gasteiger partial charge on any atom is -0.497 e. The van der Waals surface area contributed by atoms with Gasteiger partial charge in [0.1, 0.15) is 17.6 Å². The van der Waals surface area contributed by atoms with Gasteiger partial charge in [0.25, 0.3) is 5.22 Å². The summed E-state index contributed by atoms with van der Waals surface area (Å²) in [4.78, 5) is 12.7. The van der Waals surface area contributed by atoms with Crippen molar-refractivity contribution in [3.05, 3.63) is 71.4 Å². The van der Waals surface area contributed by atoms with Crippen LogP contribution in [0.2, 0.25) is 0 Å². The molecular formula is C24H21N5O3S. The fourth-order valence-corrected chi connectivity index (χ4v) is 3.94. The maximum Gasteiger partial charge on any atom is 0.277 e. The molecule has 0 spiro atoms. The minimum atomic E-state index is -0.282. The smallest absolute Gasteiger partial charge is 0.277 e. The number of para-hydroxylation sites is 1. The second kappa shape index (κ2) is 9.63. The molecule has 4 rings (SSSR count). The second-order valence-corrected chi connectivity index (χ2v) is 8.08. The molecule has 4 aromatic rings. The zero-order valence-electron chi connectivity index (χ0n) is 18.3. The zero-order chi connectivity index (χ0) is 23.4. The number of rotatable bonds is 7. The summed E-state index contributed by atoms with van der Waals surface area (Å²) in [6.45, 7) is 3.80. The molecule has 2 heterocycles. The number of ether oxygens (including phenoxy) is 1. The van der Waals surface area contributed by atoms with Gasteiger partial charge in [-0.2, -0.15) is 5.26 Å². The van der Waals surface area contributed by atoms with Crippen molar-refractivity contribution < 1.29 is 13.9 Å². The molecule has 0 saturated carbocycles. The predicted molar refractivity (Wildman–Crippen MR) is 126 cm³/mol. The Morgan fingerprint density at radius 3 is 2.55 bits per heavy atom. The highest BCUT2D eigenvalue weighted by atomic mass is 32.2. The monoisotopic (exact) mass is 459 g/mol. The van der Waals surface area contributed by atoms with Crippen LogP contribution < -0.4 is 10.1 Å². The number of carbonyl (C=O) groups is 1. The summed E-state index contributed by atoms with van der Waals surface area (Å²) in [6, 6.07) is 19.0. The largest absolute Gasteiger partial charge is 0.497 e. The second-order valence-electron chi connectivity index (χ2n) is 7.16. The molecule has 2 aromatic heterocycles. The van der Waals surface area contributed by atoms with E-state index in [0.29, 0.717) is 17.3 Å². The Hall–Kier alpha value is -4.03. The van der Waals surface area contributed by atoms with Crippen LogP contribution in [0.15, 0.2) is 64.2 Å². The van der Waals surface area contributed by atoms with Crippen LogP contribution in [0.3, 0.4) is 0 Å². The Balaban J connectivity index is 1.48. The van der Waals surface area contributed by atoms with Crippen LogP contribution in [-0.2, 0) is 4.79 Å². The molecule has 0 aliphatic heterocycles. The number of hydrogen-bond donors (Lipinski definition) is 1. The van der Waals surface area contributed by atoms with Crippen molar-refractivity contribution >= 4 is 23.5 Å². The molecule has 166 valence electrons. The Morgan fingerprint density at radius 2 is 1.88 bits per heavy atom. The van der Waals surface area contributed by atoms with Gasteiger partial charge in [0.2, 0.25) is 11.8 Å². The third-order valence-corrected chi connectivity index (χ3v) is 5.99. The van der Waals surface area contributed by atoms with E-state index in [1.54, 1.807) is 19.2 Å². The van der Waals surface area contributed by atoms with E-state index in [2.05, 4.69) is 21.6 Å². The van der Waals surface area contributed by atoms with Gasteiger partial charge in [-0.05, 0) is 55.8 Å². The number of nitrogens with zero attached hydrogens (tertiary/aromatic N) is 4. The fourth-order valence-electron chi connectivity index (χ4n) is 3.37. The number of anilines is 1. The summed E-state index contributed by atoms with van der Waals surface area (Å²) in [5, 5.41) is 20.9. The summed E-state index contributed by atoms with van der Waals surface area (Å²) in [5.41, 5.74) is 3.77. The molecule has 0 unspecified atom stereocenters. The Kier molecular flexibility index (Phi) is 6.47. The Morgan fingerprint density at radius 1 is 1.15 bits per heavy atom. The van der Waals surface area contributed by atoms with E-state index in [-0.39, 0.29) is 16.9 Å². The number of amides is 1. The molecule has 2 aromatic carbocycles. The number of aromatic nitrogens is 3. The first-order valence-corrected chi connectivity index (χ1v) is 11.1. The molecule has 0 bridgehead atoms. The quantitative estimate of drug-likeness (QED) is 0.397. The molecule has 0 aliphatic rings. The maximum atomic E-state index is 12.7. The normalized spacial score (nSPS) is 10.6. The van der Waals surface area contributed by atoms with E-state index >= 15 is 0 Å². The van der Waals surface area contributed by atoms with Gasteiger partial charge in [-0.25, -0.2) is 0 Å². The van der Waals surface area contributed by atoms with Crippen molar-refractivity contribution in [3.8, 4) is 29.0 Å². The van der Waals surface area contributed by atoms with Gasteiger partial charge in [-0.1, -0.05) is 30.0 Å². The molecule has 0 aliphatic carbocycles. The summed E-state index contributed by atoms with van der Waals surface area (Å²) in [7, 11) is 1.60. The Labute approximate surface area is 195 Å². The van der Waals surface area contributed by atoms with E-state index in [9.17, 15) is 10.1 Å². The van der Waals surface area contributed by atoms with Gasteiger partial charge in [0.05, 0.1) is 18.4 Å². The third-order valence-electron chi connectivity index (χ3n) is 5.17. The van der Waals surface area contributed by atoms with Crippen molar-refractivity contribution in [2.45, 2.75) is 19.1 Å². The van der Waals surface area contributed by atoms with E-state index in [0.717, 1.165) is 40.0 Å². The van der Waals surface area contributed by atoms with Crippen LogP contribution in [0.1, 0.15) is 16.8 Å². The lowest BCUT2D eigenvalue weighted by Gasteiger charge is -2.12. The highest BCUT2D eigenvalue weighted by Crippen LogP contribution is 2.30.